The normalized spacial score (nSPS) is 7.82. The Morgan fingerprint density at radius 3 is 1.45 bits per heavy atom. The van der Waals surface area contributed by atoms with Crippen LogP contribution < -0.4 is 10.6 Å². The van der Waals surface area contributed by atoms with E-state index in [0.717, 1.165) is 0 Å². The van der Waals surface area contributed by atoms with Crippen LogP contribution in [0.4, 0.5) is 0 Å². The fraction of sp³-hybridized carbons (Fsp3) is 0.500. The van der Waals surface area contributed by atoms with Gasteiger partial charge in [-0.1, -0.05) is 24.4 Å². The van der Waals surface area contributed by atoms with Gasteiger partial charge in [-0.3, -0.25) is 0 Å². The van der Waals surface area contributed by atoms with Gasteiger partial charge in [0, 0.05) is 13.1 Å². The molecule has 0 aliphatic rings. The zero-order valence-corrected chi connectivity index (χ0v) is 9.79. The molecule has 2 N–H and O–H groups in total. The van der Waals surface area contributed by atoms with Crippen LogP contribution in [0.1, 0.15) is 0 Å². The maximum absolute atomic E-state index is 4.65. The van der Waals surface area contributed by atoms with Crippen LogP contribution in [0.15, 0.2) is 0 Å². The summed E-state index contributed by atoms with van der Waals surface area (Å²) in [5, 5.41) is 5.68. The van der Waals surface area contributed by atoms with E-state index in [1.165, 1.54) is 0 Å². The monoisotopic (exact) mass is 275 g/mol. The minimum absolute atomic E-state index is 0. The van der Waals surface area contributed by atoms with Crippen molar-refractivity contribution in [3.8, 4) is 0 Å². The van der Waals surface area contributed by atoms with E-state index in [4.69, 9.17) is 0 Å². The largest absolute Gasteiger partial charge is 2.00 e. The number of nitrogens with one attached hydrogen (secondary N) is 2. The maximum Gasteiger partial charge on any atom is 2.00 e. The standard InChI is InChI=1S/C4H8N2S4.Cu/c7-3(8)5-1-2-6-4(9)10;/h1-2H2,(H2,5,7,8)(H2,6,9,10);/q;+2. The third-order valence-electron chi connectivity index (χ3n) is 0.677. The molecule has 67 valence electrons. The van der Waals surface area contributed by atoms with E-state index in [1.807, 2.05) is 0 Å². The molecule has 0 unspecified atom stereocenters. The van der Waals surface area contributed by atoms with E-state index in [2.05, 4.69) is 60.3 Å². The van der Waals surface area contributed by atoms with Gasteiger partial charge in [0.05, 0.1) is 0 Å². The molecule has 7 heteroatoms. The Labute approximate surface area is 98.6 Å². The molecule has 0 saturated carbocycles. The van der Waals surface area contributed by atoms with E-state index in [0.29, 0.717) is 21.7 Å². The molecule has 0 aliphatic heterocycles. The first-order valence-corrected chi connectivity index (χ1v) is 4.27. The Morgan fingerprint density at radius 2 is 1.27 bits per heavy atom. The summed E-state index contributed by atoms with van der Waals surface area (Å²) in [4.78, 5) is 0. The van der Waals surface area contributed by atoms with E-state index in [9.17, 15) is 0 Å². The number of thiocarbonyl (C=S) groups is 2. The van der Waals surface area contributed by atoms with Gasteiger partial charge < -0.3 is 10.6 Å². The van der Waals surface area contributed by atoms with Crippen molar-refractivity contribution in [2.75, 3.05) is 13.1 Å². The predicted octanol–water partition coefficient (Wildman–Crippen LogP) is 0.592. The molecule has 0 bridgehead atoms. The molecular weight excluding hydrogens is 268 g/mol. The average Bonchev–Trinajstić information content (AvgIpc) is 1.79. The molecule has 2 nitrogen and oxygen atoms in total. The Morgan fingerprint density at radius 1 is 1.00 bits per heavy atom. The fourth-order valence-electron chi connectivity index (χ4n) is 0.339. The zero-order valence-electron chi connectivity index (χ0n) is 5.43. The summed E-state index contributed by atoms with van der Waals surface area (Å²) >= 11 is 17.0. The molecule has 0 fully saturated rings. The molecule has 0 rings (SSSR count). The molecule has 0 aromatic rings. The van der Waals surface area contributed by atoms with Crippen LogP contribution in [-0.4, -0.2) is 21.7 Å². The Hall–Kier alpha value is 0.999. The van der Waals surface area contributed by atoms with Crippen LogP contribution in [0.2, 0.25) is 0 Å². The van der Waals surface area contributed by atoms with Gasteiger partial charge in [-0.25, -0.2) is 0 Å². The molecule has 0 atom stereocenters. The number of thiol groups is 2. The van der Waals surface area contributed by atoms with Gasteiger partial charge in [-0.05, 0) is 0 Å². The van der Waals surface area contributed by atoms with E-state index < -0.39 is 0 Å². The van der Waals surface area contributed by atoms with Crippen molar-refractivity contribution in [3.63, 3.8) is 0 Å². The minimum Gasteiger partial charge on any atom is -0.369 e. The second-order valence-corrected chi connectivity index (χ2v) is 3.78. The van der Waals surface area contributed by atoms with Crippen LogP contribution in [0.25, 0.3) is 0 Å². The third-order valence-corrected chi connectivity index (χ3v) is 1.28. The zero-order chi connectivity index (χ0) is 7.98. The van der Waals surface area contributed by atoms with Crippen LogP contribution in [0.3, 0.4) is 0 Å². The van der Waals surface area contributed by atoms with Gasteiger partial charge >= 0.3 is 17.1 Å². The summed E-state index contributed by atoms with van der Waals surface area (Å²) in [5.74, 6) is 0. The van der Waals surface area contributed by atoms with E-state index in [1.54, 1.807) is 0 Å². The molecular formula is C4H8CuN2S4+2. The van der Waals surface area contributed by atoms with Crippen LogP contribution in [0, 0.1) is 0 Å². The Kier molecular flexibility index (Phi) is 12.0. The van der Waals surface area contributed by atoms with E-state index >= 15 is 0 Å². The van der Waals surface area contributed by atoms with Gasteiger partial charge in [0.1, 0.15) is 8.64 Å². The van der Waals surface area contributed by atoms with Gasteiger partial charge in [0.2, 0.25) is 0 Å². The summed E-state index contributed by atoms with van der Waals surface area (Å²) in [6.45, 7) is 1.42. The minimum atomic E-state index is 0. The van der Waals surface area contributed by atoms with Crippen LogP contribution in [0.5, 0.6) is 0 Å². The maximum atomic E-state index is 4.65. The van der Waals surface area contributed by atoms with Gasteiger partial charge in [0.25, 0.3) is 0 Å². The first-order chi connectivity index (χ1) is 4.63. The summed E-state index contributed by atoms with van der Waals surface area (Å²) in [5.41, 5.74) is 0. The summed E-state index contributed by atoms with van der Waals surface area (Å²) < 4.78 is 0.985. The molecule has 0 amide bonds. The van der Waals surface area contributed by atoms with Crippen LogP contribution >= 0.6 is 49.7 Å². The fourth-order valence-corrected chi connectivity index (χ4v) is 0.767. The molecule has 0 aromatic carbocycles. The molecule has 1 radical (unpaired) electrons. The van der Waals surface area contributed by atoms with Crippen molar-refractivity contribution in [1.29, 1.82) is 0 Å². The number of hydrogen-bond donors (Lipinski definition) is 4. The Bertz CT molecular complexity index is 124. The first-order valence-electron chi connectivity index (χ1n) is 2.56. The van der Waals surface area contributed by atoms with Crippen molar-refractivity contribution < 1.29 is 17.1 Å². The molecule has 0 spiro atoms. The van der Waals surface area contributed by atoms with Crippen molar-refractivity contribution in [2.24, 2.45) is 0 Å². The summed E-state index contributed by atoms with van der Waals surface area (Å²) in [6.07, 6.45) is 0. The van der Waals surface area contributed by atoms with Gasteiger partial charge in [-0.15, -0.1) is 25.3 Å². The predicted molar refractivity (Wildman–Crippen MR) is 59.2 cm³/mol. The Balaban J connectivity index is 0. The van der Waals surface area contributed by atoms with Crippen molar-refractivity contribution >= 4 is 58.3 Å². The molecule has 11 heavy (non-hydrogen) atoms. The molecule has 0 aromatic heterocycles. The molecule has 0 heterocycles. The molecule has 0 saturated heterocycles. The SMILES string of the molecule is S=C(S)NCCNC(=S)S.[Cu+2]. The van der Waals surface area contributed by atoms with Crippen molar-refractivity contribution in [3.05, 3.63) is 0 Å². The third kappa shape index (κ3) is 13.9. The van der Waals surface area contributed by atoms with Crippen molar-refractivity contribution in [1.82, 2.24) is 10.6 Å². The second-order valence-electron chi connectivity index (χ2n) is 1.46. The quantitative estimate of drug-likeness (QED) is 0.262. The average molecular weight is 276 g/mol. The second kappa shape index (κ2) is 9.09. The van der Waals surface area contributed by atoms with E-state index in [-0.39, 0.29) is 17.1 Å². The first kappa shape index (κ1) is 14.5. The van der Waals surface area contributed by atoms with Gasteiger partial charge in [-0.2, -0.15) is 0 Å². The number of hydrogen-bond acceptors (Lipinski definition) is 2. The van der Waals surface area contributed by atoms with Crippen molar-refractivity contribution in [2.45, 2.75) is 0 Å². The topological polar surface area (TPSA) is 24.1 Å². The smallest absolute Gasteiger partial charge is 0.369 e. The summed E-state index contributed by atoms with van der Waals surface area (Å²) in [7, 11) is 0. The number of rotatable bonds is 3. The van der Waals surface area contributed by atoms with Gasteiger partial charge in [0.15, 0.2) is 0 Å². The molecule has 0 aliphatic carbocycles. The summed E-state index contributed by atoms with van der Waals surface area (Å²) in [6, 6.07) is 0. The van der Waals surface area contributed by atoms with Crippen LogP contribution in [-0.2, 0) is 17.1 Å².